The van der Waals surface area contributed by atoms with Gasteiger partial charge < -0.3 is 15.7 Å². The van der Waals surface area contributed by atoms with E-state index in [4.69, 9.17) is 5.11 Å². The summed E-state index contributed by atoms with van der Waals surface area (Å²) in [6.07, 6.45) is 0.165. The van der Waals surface area contributed by atoms with Gasteiger partial charge in [-0.25, -0.2) is 4.79 Å². The van der Waals surface area contributed by atoms with Crippen molar-refractivity contribution < 1.29 is 23.5 Å². The van der Waals surface area contributed by atoms with Crippen LogP contribution in [-0.2, 0) is 10.7 Å². The Kier molecular flexibility index (Phi) is 5.89. The Bertz CT molecular complexity index is 452. The molecule has 0 saturated heterocycles. The molecule has 0 aliphatic carbocycles. The third kappa shape index (κ3) is 5.64. The van der Waals surface area contributed by atoms with Crippen molar-refractivity contribution in [3.8, 4) is 0 Å². The molecular formula is C13H16F2N2O3. The molecule has 0 spiro atoms. The lowest BCUT2D eigenvalue weighted by Gasteiger charge is -2.17. The van der Waals surface area contributed by atoms with Crippen molar-refractivity contribution in [2.75, 3.05) is 13.1 Å². The maximum absolute atomic E-state index is 13.7. The van der Waals surface area contributed by atoms with Gasteiger partial charge in [-0.3, -0.25) is 4.79 Å². The summed E-state index contributed by atoms with van der Waals surface area (Å²) in [5, 5.41) is 12.8. The number of carboxylic acid groups (broad SMARTS) is 1. The number of aliphatic carboxylic acids is 1. The fraction of sp³-hybridized carbons (Fsp3) is 0.385. The van der Waals surface area contributed by atoms with E-state index in [2.05, 4.69) is 10.6 Å². The van der Waals surface area contributed by atoms with Crippen LogP contribution in [0, 0.1) is 0 Å². The molecule has 1 aromatic rings. The number of carboxylic acids is 1. The van der Waals surface area contributed by atoms with Gasteiger partial charge in [-0.1, -0.05) is 30.3 Å². The zero-order valence-corrected chi connectivity index (χ0v) is 10.7. The van der Waals surface area contributed by atoms with Crippen molar-refractivity contribution in [3.05, 3.63) is 35.9 Å². The molecule has 110 valence electrons. The number of amides is 2. The molecule has 0 fully saturated rings. The van der Waals surface area contributed by atoms with Crippen molar-refractivity contribution in [2.45, 2.75) is 18.8 Å². The normalized spacial score (nSPS) is 10.9. The molecule has 3 N–H and O–H groups in total. The summed E-state index contributed by atoms with van der Waals surface area (Å²) in [5.74, 6) is -4.12. The molecule has 0 heterocycles. The van der Waals surface area contributed by atoms with E-state index in [1.54, 1.807) is 6.07 Å². The minimum atomic E-state index is -3.15. The summed E-state index contributed by atoms with van der Waals surface area (Å²) in [6, 6.07) is 6.44. The number of nitrogens with one attached hydrogen (secondary N) is 2. The molecule has 20 heavy (non-hydrogen) atoms. The lowest BCUT2D eigenvalue weighted by molar-refractivity contribution is -0.137. The molecule has 0 atom stereocenters. The Morgan fingerprint density at radius 1 is 1.15 bits per heavy atom. The molecule has 0 bridgehead atoms. The van der Waals surface area contributed by atoms with Gasteiger partial charge in [0.1, 0.15) is 0 Å². The molecule has 7 heteroatoms. The zero-order chi connectivity index (χ0) is 15.0. The van der Waals surface area contributed by atoms with Gasteiger partial charge in [0.15, 0.2) is 0 Å². The third-order valence-electron chi connectivity index (χ3n) is 2.52. The molecule has 2 amide bonds. The molecule has 0 saturated carbocycles. The molecule has 5 nitrogen and oxygen atoms in total. The van der Waals surface area contributed by atoms with Gasteiger partial charge in [-0.05, 0) is 6.42 Å². The van der Waals surface area contributed by atoms with Crippen LogP contribution in [0.15, 0.2) is 30.3 Å². The van der Waals surface area contributed by atoms with Crippen LogP contribution in [-0.4, -0.2) is 30.2 Å². The summed E-state index contributed by atoms with van der Waals surface area (Å²) in [7, 11) is 0. The predicted molar refractivity (Wildman–Crippen MR) is 68.6 cm³/mol. The minimum absolute atomic E-state index is 0.0829. The Hall–Kier alpha value is -2.18. The number of benzene rings is 1. The summed E-state index contributed by atoms with van der Waals surface area (Å²) in [5.41, 5.74) is -0.175. The minimum Gasteiger partial charge on any atom is -0.481 e. The van der Waals surface area contributed by atoms with Crippen LogP contribution >= 0.6 is 0 Å². The number of urea groups is 1. The topological polar surface area (TPSA) is 78.4 Å². The molecular weight excluding hydrogens is 270 g/mol. The maximum Gasteiger partial charge on any atom is 0.315 e. The van der Waals surface area contributed by atoms with Crippen molar-refractivity contribution in [1.29, 1.82) is 0 Å². The lowest BCUT2D eigenvalue weighted by Crippen LogP contribution is -2.41. The Labute approximate surface area is 115 Å². The van der Waals surface area contributed by atoms with Gasteiger partial charge in [0.25, 0.3) is 5.92 Å². The number of carbonyl (C=O) groups is 2. The highest BCUT2D eigenvalue weighted by atomic mass is 19.3. The van der Waals surface area contributed by atoms with E-state index < -0.39 is 24.5 Å². The van der Waals surface area contributed by atoms with Gasteiger partial charge in [0.05, 0.1) is 6.54 Å². The SMILES string of the molecule is O=C(O)CCCNC(=O)NCC(F)(F)c1ccccc1. The first kappa shape index (κ1) is 15.9. The van der Waals surface area contributed by atoms with E-state index in [0.717, 1.165) is 0 Å². The summed E-state index contributed by atoms with van der Waals surface area (Å²) < 4.78 is 27.4. The first-order valence-corrected chi connectivity index (χ1v) is 6.08. The van der Waals surface area contributed by atoms with E-state index in [-0.39, 0.29) is 24.9 Å². The van der Waals surface area contributed by atoms with Crippen molar-refractivity contribution in [1.82, 2.24) is 10.6 Å². The van der Waals surface area contributed by atoms with Crippen LogP contribution in [0.4, 0.5) is 13.6 Å². The van der Waals surface area contributed by atoms with E-state index in [0.29, 0.717) is 0 Å². The monoisotopic (exact) mass is 286 g/mol. The quantitative estimate of drug-likeness (QED) is 0.670. The zero-order valence-electron chi connectivity index (χ0n) is 10.7. The smallest absolute Gasteiger partial charge is 0.315 e. The Morgan fingerprint density at radius 3 is 2.40 bits per heavy atom. The highest BCUT2D eigenvalue weighted by molar-refractivity contribution is 5.74. The Balaban J connectivity index is 2.31. The molecule has 0 aliphatic rings. The number of hydrogen-bond acceptors (Lipinski definition) is 2. The number of rotatable bonds is 7. The van der Waals surface area contributed by atoms with Crippen LogP contribution in [0.1, 0.15) is 18.4 Å². The standard InChI is InChI=1S/C13H16F2N2O3/c14-13(15,10-5-2-1-3-6-10)9-17-12(20)16-8-4-7-11(18)19/h1-3,5-6H,4,7-9H2,(H,18,19)(H2,16,17,20). The summed E-state index contributed by atoms with van der Waals surface area (Å²) in [6.45, 7) is -0.698. The second-order valence-corrected chi connectivity index (χ2v) is 4.18. The second kappa shape index (κ2) is 7.42. The fourth-order valence-corrected chi connectivity index (χ4v) is 1.48. The van der Waals surface area contributed by atoms with E-state index in [1.807, 2.05) is 0 Å². The number of hydrogen-bond donors (Lipinski definition) is 3. The highest BCUT2D eigenvalue weighted by Gasteiger charge is 2.31. The van der Waals surface area contributed by atoms with E-state index >= 15 is 0 Å². The van der Waals surface area contributed by atoms with Crippen molar-refractivity contribution in [2.24, 2.45) is 0 Å². The average molecular weight is 286 g/mol. The van der Waals surface area contributed by atoms with Gasteiger partial charge in [-0.15, -0.1) is 0 Å². The summed E-state index contributed by atoms with van der Waals surface area (Å²) in [4.78, 5) is 21.5. The van der Waals surface area contributed by atoms with Gasteiger partial charge in [-0.2, -0.15) is 8.78 Å². The molecule has 0 aliphatic heterocycles. The van der Waals surface area contributed by atoms with Crippen molar-refractivity contribution in [3.63, 3.8) is 0 Å². The largest absolute Gasteiger partial charge is 0.481 e. The Morgan fingerprint density at radius 2 is 1.80 bits per heavy atom. The maximum atomic E-state index is 13.7. The van der Waals surface area contributed by atoms with Gasteiger partial charge in [0, 0.05) is 18.5 Å². The number of halogens is 2. The molecule has 0 aromatic heterocycles. The fourth-order valence-electron chi connectivity index (χ4n) is 1.48. The van der Waals surface area contributed by atoms with Crippen LogP contribution in [0.25, 0.3) is 0 Å². The molecule has 1 aromatic carbocycles. The van der Waals surface area contributed by atoms with Gasteiger partial charge in [0.2, 0.25) is 0 Å². The number of alkyl halides is 2. The lowest BCUT2D eigenvalue weighted by atomic mass is 10.1. The molecule has 0 radical (unpaired) electrons. The predicted octanol–water partition coefficient (Wildman–Crippen LogP) is 1.94. The summed E-state index contributed by atoms with van der Waals surface area (Å²) >= 11 is 0. The first-order valence-electron chi connectivity index (χ1n) is 6.08. The molecule has 1 rings (SSSR count). The van der Waals surface area contributed by atoms with Crippen molar-refractivity contribution >= 4 is 12.0 Å². The third-order valence-corrected chi connectivity index (χ3v) is 2.52. The van der Waals surface area contributed by atoms with E-state index in [1.165, 1.54) is 24.3 Å². The first-order chi connectivity index (χ1) is 9.42. The van der Waals surface area contributed by atoms with E-state index in [9.17, 15) is 18.4 Å². The van der Waals surface area contributed by atoms with Crippen LogP contribution < -0.4 is 10.6 Å². The van der Waals surface area contributed by atoms with Crippen LogP contribution in [0.5, 0.6) is 0 Å². The second-order valence-electron chi connectivity index (χ2n) is 4.18. The average Bonchev–Trinajstić information content (AvgIpc) is 2.42. The molecule has 0 unspecified atom stereocenters. The van der Waals surface area contributed by atoms with Crippen LogP contribution in [0.2, 0.25) is 0 Å². The number of carbonyl (C=O) groups excluding carboxylic acids is 1. The highest BCUT2D eigenvalue weighted by Crippen LogP contribution is 2.26. The van der Waals surface area contributed by atoms with Gasteiger partial charge >= 0.3 is 12.0 Å². The van der Waals surface area contributed by atoms with Crippen LogP contribution in [0.3, 0.4) is 0 Å².